The molecule has 3 fully saturated rings. The number of hydrogen-bond acceptors (Lipinski definition) is 16. The van der Waals surface area contributed by atoms with E-state index in [1.165, 1.54) is 39.2 Å². The maximum atomic E-state index is 13.4. The minimum Gasteiger partial charge on any atom is -0.459 e. The summed E-state index contributed by atoms with van der Waals surface area (Å²) in [7, 11) is 1.39. The number of fused-ring (bicyclic) bond motifs is 3. The standard InChI is InChI=1S/C34H46O16/c1-16(2)11-24(39)50-29-26(45-18(4)36)28(46-19(5)37)32(7)22(48-25(40)13-35)10-9-21(14-43-8)12-23-34(42,17(3)31(41)49-23)30(47-20(6)38)27(32)33(29)15-44-33/h9-10,12,16-17,22-23,26-30,35,42H,11,13-15H2,1-8H3/t17-,22-,23-,26+,27+,28-,29+,30-,32+,33-,34-/m0/s1. The first kappa shape index (κ1) is 38.9. The zero-order chi connectivity index (χ0) is 37.3. The van der Waals surface area contributed by atoms with Gasteiger partial charge in [-0.05, 0) is 30.6 Å². The molecule has 2 N–H and O–H groups in total. The molecule has 0 aromatic rings. The number of aliphatic hydroxyl groups is 2. The predicted molar refractivity (Wildman–Crippen MR) is 166 cm³/mol. The molecule has 2 aliphatic heterocycles. The molecule has 4 rings (SSSR count). The van der Waals surface area contributed by atoms with Gasteiger partial charge in [0.2, 0.25) is 0 Å². The lowest BCUT2D eigenvalue weighted by Gasteiger charge is -2.59. The molecule has 0 radical (unpaired) electrons. The second-order valence-corrected chi connectivity index (χ2v) is 13.8. The van der Waals surface area contributed by atoms with Crippen LogP contribution in [-0.2, 0) is 66.7 Å². The van der Waals surface area contributed by atoms with E-state index < -0.39 is 107 Å². The third-order valence-electron chi connectivity index (χ3n) is 9.75. The van der Waals surface area contributed by atoms with Gasteiger partial charge >= 0.3 is 35.8 Å². The lowest BCUT2D eigenvalue weighted by molar-refractivity contribution is -0.279. The molecule has 2 saturated heterocycles. The van der Waals surface area contributed by atoms with Gasteiger partial charge in [0.1, 0.15) is 24.4 Å². The average molecular weight is 711 g/mol. The minimum absolute atomic E-state index is 0.0785. The Morgan fingerprint density at radius 1 is 0.940 bits per heavy atom. The van der Waals surface area contributed by atoms with Crippen molar-refractivity contribution in [3.8, 4) is 0 Å². The van der Waals surface area contributed by atoms with Gasteiger partial charge in [-0.2, -0.15) is 0 Å². The number of ether oxygens (including phenoxy) is 8. The summed E-state index contributed by atoms with van der Waals surface area (Å²) in [5.41, 5.74) is -5.77. The van der Waals surface area contributed by atoms with Gasteiger partial charge in [0.05, 0.1) is 24.5 Å². The molecule has 4 aliphatic rings. The van der Waals surface area contributed by atoms with E-state index in [4.69, 9.17) is 37.9 Å². The second kappa shape index (κ2) is 14.8. The van der Waals surface area contributed by atoms with E-state index >= 15 is 0 Å². The first-order chi connectivity index (χ1) is 23.4. The van der Waals surface area contributed by atoms with Crippen molar-refractivity contribution < 1.29 is 76.9 Å². The summed E-state index contributed by atoms with van der Waals surface area (Å²) in [5.74, 6) is -8.37. The zero-order valence-corrected chi connectivity index (χ0v) is 29.4. The monoisotopic (exact) mass is 710 g/mol. The third-order valence-corrected chi connectivity index (χ3v) is 9.75. The van der Waals surface area contributed by atoms with E-state index in [2.05, 4.69) is 0 Å². The van der Waals surface area contributed by atoms with E-state index in [1.54, 1.807) is 13.8 Å². The maximum absolute atomic E-state index is 13.4. The molecule has 0 bridgehead atoms. The summed E-state index contributed by atoms with van der Waals surface area (Å²) >= 11 is 0. The number of methoxy groups -OCH3 is 1. The Bertz CT molecular complexity index is 1430. The van der Waals surface area contributed by atoms with Gasteiger partial charge in [-0.25, -0.2) is 4.79 Å². The summed E-state index contributed by atoms with van der Waals surface area (Å²) in [6.07, 6.45) is -5.45. The van der Waals surface area contributed by atoms with Crippen LogP contribution in [-0.4, -0.2) is 121 Å². The van der Waals surface area contributed by atoms with Crippen LogP contribution < -0.4 is 0 Å². The van der Waals surface area contributed by atoms with Crippen LogP contribution in [0.4, 0.5) is 0 Å². The molecule has 2 aliphatic carbocycles. The molecule has 0 aromatic carbocycles. The number of carbonyl (C=O) groups excluding carboxylic acids is 6. The van der Waals surface area contributed by atoms with Crippen LogP contribution in [0.25, 0.3) is 0 Å². The number of rotatable bonds is 10. The summed E-state index contributed by atoms with van der Waals surface area (Å²) in [5, 5.41) is 22.6. The van der Waals surface area contributed by atoms with Crippen LogP contribution >= 0.6 is 0 Å². The molecule has 11 atom stereocenters. The number of esters is 6. The van der Waals surface area contributed by atoms with Crippen molar-refractivity contribution in [2.24, 2.45) is 23.2 Å². The van der Waals surface area contributed by atoms with Crippen molar-refractivity contribution in [1.82, 2.24) is 0 Å². The fraction of sp³-hybridized carbons (Fsp3) is 0.706. The van der Waals surface area contributed by atoms with Crippen LogP contribution in [0.2, 0.25) is 0 Å². The smallest absolute Gasteiger partial charge is 0.332 e. The average Bonchev–Trinajstić information content (AvgIpc) is 3.76. The number of carbonyl (C=O) groups is 6. The van der Waals surface area contributed by atoms with E-state index in [0.29, 0.717) is 5.57 Å². The molecule has 50 heavy (non-hydrogen) atoms. The van der Waals surface area contributed by atoms with Crippen LogP contribution in [0.3, 0.4) is 0 Å². The Labute approximate surface area is 289 Å². The number of aliphatic hydroxyl groups excluding tert-OH is 1. The van der Waals surface area contributed by atoms with Crippen molar-refractivity contribution >= 4 is 35.8 Å². The highest BCUT2D eigenvalue weighted by molar-refractivity contribution is 5.78. The molecular weight excluding hydrogens is 664 g/mol. The Hall–Kier alpha value is -3.86. The van der Waals surface area contributed by atoms with Crippen molar-refractivity contribution in [2.45, 2.75) is 103 Å². The van der Waals surface area contributed by atoms with Gasteiger partial charge in [0, 0.05) is 40.2 Å². The van der Waals surface area contributed by atoms with E-state index in [9.17, 15) is 39.0 Å². The van der Waals surface area contributed by atoms with Crippen molar-refractivity contribution in [1.29, 1.82) is 0 Å². The first-order valence-corrected chi connectivity index (χ1v) is 16.3. The summed E-state index contributed by atoms with van der Waals surface area (Å²) in [4.78, 5) is 78.2. The van der Waals surface area contributed by atoms with Crippen LogP contribution in [0.15, 0.2) is 23.8 Å². The van der Waals surface area contributed by atoms with Crippen LogP contribution in [0.1, 0.15) is 54.9 Å². The molecule has 0 unspecified atom stereocenters. The molecule has 16 nitrogen and oxygen atoms in total. The molecule has 0 amide bonds. The largest absolute Gasteiger partial charge is 0.459 e. The highest BCUT2D eigenvalue weighted by Crippen LogP contribution is 2.63. The predicted octanol–water partition coefficient (Wildman–Crippen LogP) is 0.484. The van der Waals surface area contributed by atoms with Crippen molar-refractivity contribution in [2.75, 3.05) is 26.9 Å². The molecule has 2 heterocycles. The normalized spacial score (nSPS) is 37.4. The van der Waals surface area contributed by atoms with Gasteiger partial charge in [-0.1, -0.05) is 26.8 Å². The van der Waals surface area contributed by atoms with Gasteiger partial charge < -0.3 is 48.1 Å². The fourth-order valence-electron chi connectivity index (χ4n) is 7.61. The third kappa shape index (κ3) is 7.16. The lowest BCUT2D eigenvalue weighted by atomic mass is 9.51. The molecule has 16 heteroatoms. The van der Waals surface area contributed by atoms with Crippen molar-refractivity contribution in [3.63, 3.8) is 0 Å². The van der Waals surface area contributed by atoms with Gasteiger partial charge in [-0.15, -0.1) is 0 Å². The molecular formula is C34H46O16. The second-order valence-electron chi connectivity index (χ2n) is 13.8. The Morgan fingerprint density at radius 3 is 2.06 bits per heavy atom. The summed E-state index contributed by atoms with van der Waals surface area (Å²) in [6, 6.07) is 0. The molecule has 278 valence electrons. The van der Waals surface area contributed by atoms with E-state index in [1.807, 2.05) is 0 Å². The first-order valence-electron chi connectivity index (χ1n) is 16.3. The lowest BCUT2D eigenvalue weighted by Crippen LogP contribution is -2.76. The Balaban J connectivity index is 2.16. The van der Waals surface area contributed by atoms with Gasteiger partial charge in [-0.3, -0.25) is 24.0 Å². The van der Waals surface area contributed by atoms with Crippen LogP contribution in [0.5, 0.6) is 0 Å². The highest BCUT2D eigenvalue weighted by atomic mass is 16.7. The summed E-state index contributed by atoms with van der Waals surface area (Å²) < 4.78 is 46.6. The molecule has 1 spiro atoms. The van der Waals surface area contributed by atoms with Crippen molar-refractivity contribution in [3.05, 3.63) is 23.8 Å². The van der Waals surface area contributed by atoms with Gasteiger partial charge in [0.25, 0.3) is 0 Å². The zero-order valence-electron chi connectivity index (χ0n) is 29.4. The minimum atomic E-state index is -2.38. The topological polar surface area (TPSA) is 220 Å². The SMILES string of the molecule is COCC1=C[C@@H]2OC(=O)[C@H](C)[C@@]2(O)[C@@H](OC(C)=O)[C@H]2[C@@]3(CO3)[C@H](OC(=O)CC(C)C)[C@H](OC(C)=O)[C@H](OC(C)=O)[C@]2(C)[C@@H](OC(=O)CO)C=C1. The Morgan fingerprint density at radius 2 is 1.54 bits per heavy atom. The molecule has 0 aromatic heterocycles. The Kier molecular flexibility index (Phi) is 11.5. The van der Waals surface area contributed by atoms with Crippen LogP contribution in [0, 0.1) is 23.2 Å². The number of epoxide rings is 1. The fourth-order valence-corrected chi connectivity index (χ4v) is 7.61. The van der Waals surface area contributed by atoms with E-state index in [0.717, 1.165) is 20.8 Å². The maximum Gasteiger partial charge on any atom is 0.332 e. The number of hydrogen-bond donors (Lipinski definition) is 2. The molecule has 1 saturated carbocycles. The quantitative estimate of drug-likeness (QED) is 0.179. The van der Waals surface area contributed by atoms with E-state index in [-0.39, 0.29) is 25.6 Å². The highest BCUT2D eigenvalue weighted by Gasteiger charge is 2.81. The van der Waals surface area contributed by atoms with Gasteiger partial charge in [0.15, 0.2) is 30.0 Å². The summed E-state index contributed by atoms with van der Waals surface area (Å²) in [6.45, 7) is 8.21.